The fourth-order valence-corrected chi connectivity index (χ4v) is 2.27. The highest BCUT2D eigenvalue weighted by Crippen LogP contribution is 2.10. The van der Waals surface area contributed by atoms with Gasteiger partial charge in [0.2, 0.25) is 0 Å². The van der Waals surface area contributed by atoms with Crippen molar-refractivity contribution in [2.45, 2.75) is 32.9 Å². The average Bonchev–Trinajstić information content (AvgIpc) is 2.37. The van der Waals surface area contributed by atoms with E-state index in [1.165, 1.54) is 0 Å². The lowest BCUT2D eigenvalue weighted by Gasteiger charge is -2.24. The number of anilines is 1. The predicted molar refractivity (Wildman–Crippen MR) is 88.3 cm³/mol. The molecule has 0 heterocycles. The van der Waals surface area contributed by atoms with Gasteiger partial charge in [0.1, 0.15) is 0 Å². The fourth-order valence-electron chi connectivity index (χ4n) is 2.27. The molecule has 5 heteroatoms. The van der Waals surface area contributed by atoms with E-state index in [1.54, 1.807) is 0 Å². The summed E-state index contributed by atoms with van der Waals surface area (Å²) in [6.07, 6.45) is 0.956. The first kappa shape index (κ1) is 17.5. The minimum atomic E-state index is -0.164. The molecule has 1 rings (SSSR count). The summed E-state index contributed by atoms with van der Waals surface area (Å²) in [4.78, 5) is 14.2. The molecule has 21 heavy (non-hydrogen) atoms. The molecule has 118 valence electrons. The number of nitrogens with two attached hydrogens (primary N) is 1. The van der Waals surface area contributed by atoms with Crippen LogP contribution in [0.15, 0.2) is 24.3 Å². The standard InChI is InChI=1S/C16H28N4O/c1-12(2)9-15(11-20(3)4)19-16(21)18-14-7-5-13(10-17)6-8-14/h5-8,12,15H,9-11,17H2,1-4H3,(H2,18,19,21). The first-order valence-corrected chi connectivity index (χ1v) is 7.42. The molecule has 1 atom stereocenters. The summed E-state index contributed by atoms with van der Waals surface area (Å²) in [5, 5.41) is 5.90. The molecular weight excluding hydrogens is 264 g/mol. The van der Waals surface area contributed by atoms with E-state index in [9.17, 15) is 4.79 Å². The second kappa shape index (κ2) is 8.64. The van der Waals surface area contributed by atoms with Gasteiger partial charge in [-0.1, -0.05) is 26.0 Å². The Bertz CT molecular complexity index is 418. The minimum absolute atomic E-state index is 0.142. The molecule has 0 radical (unpaired) electrons. The van der Waals surface area contributed by atoms with Gasteiger partial charge in [-0.2, -0.15) is 0 Å². The molecule has 0 aliphatic carbocycles. The molecular formula is C16H28N4O. The second-order valence-electron chi connectivity index (χ2n) is 6.09. The van der Waals surface area contributed by atoms with Crippen LogP contribution in [-0.4, -0.2) is 37.6 Å². The monoisotopic (exact) mass is 292 g/mol. The third-order valence-electron chi connectivity index (χ3n) is 3.12. The van der Waals surface area contributed by atoms with Gasteiger partial charge < -0.3 is 21.3 Å². The summed E-state index contributed by atoms with van der Waals surface area (Å²) in [6, 6.07) is 7.55. The van der Waals surface area contributed by atoms with Gasteiger partial charge in [-0.25, -0.2) is 4.79 Å². The van der Waals surface area contributed by atoms with E-state index in [2.05, 4.69) is 29.4 Å². The number of urea groups is 1. The normalized spacial score (nSPS) is 12.5. The van der Waals surface area contributed by atoms with Crippen molar-refractivity contribution in [3.63, 3.8) is 0 Å². The first-order chi connectivity index (χ1) is 9.90. The minimum Gasteiger partial charge on any atom is -0.334 e. The summed E-state index contributed by atoms with van der Waals surface area (Å²) < 4.78 is 0. The number of likely N-dealkylation sites (N-methyl/N-ethyl adjacent to an activating group) is 1. The Labute approximate surface area is 127 Å². The van der Waals surface area contributed by atoms with Crippen molar-refractivity contribution in [3.8, 4) is 0 Å². The van der Waals surface area contributed by atoms with Crippen molar-refractivity contribution in [1.29, 1.82) is 0 Å². The van der Waals surface area contributed by atoms with Crippen LogP contribution < -0.4 is 16.4 Å². The van der Waals surface area contributed by atoms with E-state index in [0.29, 0.717) is 12.5 Å². The summed E-state index contributed by atoms with van der Waals surface area (Å²) >= 11 is 0. The van der Waals surface area contributed by atoms with Crippen LogP contribution in [0.4, 0.5) is 10.5 Å². The highest BCUT2D eigenvalue weighted by atomic mass is 16.2. The number of carbonyl (C=O) groups excluding carboxylic acids is 1. The topological polar surface area (TPSA) is 70.4 Å². The SMILES string of the molecule is CC(C)CC(CN(C)C)NC(=O)Nc1ccc(CN)cc1. The molecule has 0 saturated carbocycles. The van der Waals surface area contributed by atoms with Gasteiger partial charge in [-0.05, 0) is 44.1 Å². The smallest absolute Gasteiger partial charge is 0.319 e. The summed E-state index contributed by atoms with van der Waals surface area (Å²) in [5.41, 5.74) is 7.38. The molecule has 0 saturated heterocycles. The van der Waals surface area contributed by atoms with Crippen molar-refractivity contribution in [1.82, 2.24) is 10.2 Å². The molecule has 5 nitrogen and oxygen atoms in total. The Morgan fingerprint density at radius 2 is 1.86 bits per heavy atom. The van der Waals surface area contributed by atoms with Gasteiger partial charge >= 0.3 is 6.03 Å². The Morgan fingerprint density at radius 3 is 2.33 bits per heavy atom. The maximum absolute atomic E-state index is 12.1. The highest BCUT2D eigenvalue weighted by Gasteiger charge is 2.14. The number of nitrogens with zero attached hydrogens (tertiary/aromatic N) is 1. The van der Waals surface area contributed by atoms with E-state index < -0.39 is 0 Å². The number of carbonyl (C=O) groups is 1. The van der Waals surface area contributed by atoms with Gasteiger partial charge in [0.15, 0.2) is 0 Å². The molecule has 0 aromatic heterocycles. The van der Waals surface area contributed by atoms with Crippen LogP contribution in [-0.2, 0) is 6.54 Å². The summed E-state index contributed by atoms with van der Waals surface area (Å²) in [6.45, 7) is 5.66. The predicted octanol–water partition coefficient (Wildman–Crippen LogP) is 2.24. The second-order valence-corrected chi connectivity index (χ2v) is 6.09. The zero-order chi connectivity index (χ0) is 15.8. The van der Waals surface area contributed by atoms with Crippen molar-refractivity contribution in [2.75, 3.05) is 26.0 Å². The number of rotatable bonds is 7. The molecule has 0 aliphatic heterocycles. The maximum Gasteiger partial charge on any atom is 0.319 e. The summed E-state index contributed by atoms with van der Waals surface area (Å²) in [7, 11) is 4.02. The van der Waals surface area contributed by atoms with Crippen molar-refractivity contribution < 1.29 is 4.79 Å². The molecule has 0 bridgehead atoms. The van der Waals surface area contributed by atoms with Crippen LogP contribution in [0.2, 0.25) is 0 Å². The third-order valence-corrected chi connectivity index (χ3v) is 3.12. The molecule has 1 aromatic rings. The quantitative estimate of drug-likeness (QED) is 0.722. The van der Waals surface area contributed by atoms with E-state index in [4.69, 9.17) is 5.73 Å². The Morgan fingerprint density at radius 1 is 1.24 bits per heavy atom. The van der Waals surface area contributed by atoms with Crippen LogP contribution >= 0.6 is 0 Å². The largest absolute Gasteiger partial charge is 0.334 e. The molecule has 0 spiro atoms. The zero-order valence-corrected chi connectivity index (χ0v) is 13.5. The van der Waals surface area contributed by atoms with Gasteiger partial charge in [-0.15, -0.1) is 0 Å². The van der Waals surface area contributed by atoms with Gasteiger partial charge in [-0.3, -0.25) is 0 Å². The van der Waals surface area contributed by atoms with Crippen LogP contribution in [0.3, 0.4) is 0 Å². The Balaban J connectivity index is 2.55. The van der Waals surface area contributed by atoms with Crippen molar-refractivity contribution in [2.24, 2.45) is 11.7 Å². The lowest BCUT2D eigenvalue weighted by molar-refractivity contribution is 0.240. The number of nitrogens with one attached hydrogen (secondary N) is 2. The van der Waals surface area contributed by atoms with Gasteiger partial charge in [0.25, 0.3) is 0 Å². The van der Waals surface area contributed by atoms with E-state index in [1.807, 2.05) is 38.4 Å². The number of amides is 2. The number of hydrogen-bond acceptors (Lipinski definition) is 3. The van der Waals surface area contributed by atoms with Gasteiger partial charge in [0, 0.05) is 24.8 Å². The molecule has 4 N–H and O–H groups in total. The van der Waals surface area contributed by atoms with Crippen LogP contribution in [0, 0.1) is 5.92 Å². The van der Waals surface area contributed by atoms with E-state index in [-0.39, 0.29) is 12.1 Å². The lowest BCUT2D eigenvalue weighted by Crippen LogP contribution is -2.44. The third kappa shape index (κ3) is 7.11. The number of benzene rings is 1. The zero-order valence-electron chi connectivity index (χ0n) is 13.5. The first-order valence-electron chi connectivity index (χ1n) is 7.42. The Kier molecular flexibility index (Phi) is 7.19. The average molecular weight is 292 g/mol. The molecule has 0 fully saturated rings. The maximum atomic E-state index is 12.1. The molecule has 2 amide bonds. The van der Waals surface area contributed by atoms with E-state index in [0.717, 1.165) is 24.2 Å². The lowest BCUT2D eigenvalue weighted by atomic mass is 10.0. The fraction of sp³-hybridized carbons (Fsp3) is 0.562. The van der Waals surface area contributed by atoms with Crippen molar-refractivity contribution in [3.05, 3.63) is 29.8 Å². The Hall–Kier alpha value is -1.59. The van der Waals surface area contributed by atoms with Crippen LogP contribution in [0.1, 0.15) is 25.8 Å². The highest BCUT2D eigenvalue weighted by molar-refractivity contribution is 5.89. The van der Waals surface area contributed by atoms with Gasteiger partial charge in [0.05, 0.1) is 0 Å². The summed E-state index contributed by atoms with van der Waals surface area (Å²) in [5.74, 6) is 0.541. The molecule has 1 aromatic carbocycles. The van der Waals surface area contributed by atoms with Crippen LogP contribution in [0.5, 0.6) is 0 Å². The number of hydrogen-bond donors (Lipinski definition) is 3. The van der Waals surface area contributed by atoms with E-state index >= 15 is 0 Å². The molecule has 0 aliphatic rings. The van der Waals surface area contributed by atoms with Crippen molar-refractivity contribution >= 4 is 11.7 Å². The van der Waals surface area contributed by atoms with Crippen LogP contribution in [0.25, 0.3) is 0 Å². The molecule has 1 unspecified atom stereocenters.